The highest BCUT2D eigenvalue weighted by molar-refractivity contribution is 9.10. The summed E-state index contributed by atoms with van der Waals surface area (Å²) in [6.45, 7) is 3.49. The molecule has 6 nitrogen and oxygen atoms in total. The number of piperidine rings is 1. The van der Waals surface area contributed by atoms with Gasteiger partial charge in [-0.15, -0.1) is 0 Å². The number of hydrogen-bond acceptors (Lipinski definition) is 6. The Hall–Kier alpha value is -1.86. The lowest BCUT2D eigenvalue weighted by atomic mass is 9.42. The van der Waals surface area contributed by atoms with Gasteiger partial charge in [-0.05, 0) is 85.0 Å². The van der Waals surface area contributed by atoms with Crippen molar-refractivity contribution in [3.8, 4) is 11.5 Å². The van der Waals surface area contributed by atoms with E-state index in [9.17, 15) is 0 Å². The van der Waals surface area contributed by atoms with Crippen LogP contribution in [0.15, 0.2) is 29.0 Å². The molecule has 7 heteroatoms. The van der Waals surface area contributed by atoms with Crippen molar-refractivity contribution in [2.45, 2.75) is 68.5 Å². The van der Waals surface area contributed by atoms with E-state index in [4.69, 9.17) is 19.4 Å². The van der Waals surface area contributed by atoms with Crippen LogP contribution in [-0.4, -0.2) is 59.8 Å². The molecule has 3 saturated heterocycles. The van der Waals surface area contributed by atoms with Crippen LogP contribution in [0.25, 0.3) is 0 Å². The van der Waals surface area contributed by atoms with Crippen LogP contribution < -0.4 is 14.4 Å². The highest BCUT2D eigenvalue weighted by Gasteiger charge is 2.74. The molecule has 1 aromatic heterocycles. The van der Waals surface area contributed by atoms with Gasteiger partial charge in [-0.25, -0.2) is 9.97 Å². The quantitative estimate of drug-likeness (QED) is 0.595. The van der Waals surface area contributed by atoms with Gasteiger partial charge in [-0.2, -0.15) is 0 Å². The van der Waals surface area contributed by atoms with Gasteiger partial charge in [-0.1, -0.05) is 6.07 Å². The first-order chi connectivity index (χ1) is 16.6. The third kappa shape index (κ3) is 2.41. The fraction of sp³-hybridized carbons (Fsp3) is 0.630. The zero-order valence-electron chi connectivity index (χ0n) is 19.7. The summed E-state index contributed by atoms with van der Waals surface area (Å²) in [4.78, 5) is 14.9. The number of benzene rings is 1. The van der Waals surface area contributed by atoms with E-state index in [2.05, 4.69) is 37.9 Å². The molecular formula is C27H31BrN4O2. The maximum atomic E-state index is 7.06. The van der Waals surface area contributed by atoms with Crippen LogP contribution in [0, 0.1) is 11.3 Å². The molecule has 34 heavy (non-hydrogen) atoms. The van der Waals surface area contributed by atoms with Crippen LogP contribution in [0.1, 0.15) is 49.7 Å². The lowest BCUT2D eigenvalue weighted by Gasteiger charge is -2.66. The van der Waals surface area contributed by atoms with Gasteiger partial charge in [0.05, 0.1) is 17.6 Å². The zero-order chi connectivity index (χ0) is 22.7. The lowest BCUT2D eigenvalue weighted by Crippen LogP contribution is -2.72. The molecule has 9 rings (SSSR count). The third-order valence-corrected chi connectivity index (χ3v) is 10.7. The molecular weight excluding hydrogens is 492 g/mol. The number of nitrogens with zero attached hydrogens (tertiary/aromatic N) is 4. The topological polar surface area (TPSA) is 50.7 Å². The zero-order valence-corrected chi connectivity index (χ0v) is 21.3. The van der Waals surface area contributed by atoms with Crippen LogP contribution >= 0.6 is 15.9 Å². The van der Waals surface area contributed by atoms with E-state index in [-0.39, 0.29) is 23.0 Å². The Balaban J connectivity index is 1.32. The molecule has 4 aliphatic heterocycles. The molecule has 0 radical (unpaired) electrons. The van der Waals surface area contributed by atoms with Gasteiger partial charge in [-0.3, -0.25) is 4.90 Å². The Morgan fingerprint density at radius 3 is 2.76 bits per heavy atom. The SMILES string of the molecule is COc1ccc2c3c1O[C@H]1[C@H]4CC[C@@]5(CCN4c4ncc(Br)cn4)[C@H](C2)N(CC2CC2)CC[C@]315. The minimum atomic E-state index is 0.0716. The molecule has 3 aliphatic carbocycles. The maximum absolute atomic E-state index is 7.06. The Bertz CT molecular complexity index is 1170. The summed E-state index contributed by atoms with van der Waals surface area (Å²) in [7, 11) is 1.78. The Morgan fingerprint density at radius 1 is 1.12 bits per heavy atom. The molecule has 2 saturated carbocycles. The van der Waals surface area contributed by atoms with E-state index < -0.39 is 0 Å². The van der Waals surface area contributed by atoms with Crippen molar-refractivity contribution in [3.63, 3.8) is 0 Å². The number of rotatable bonds is 4. The average molecular weight is 523 g/mol. The first-order valence-electron chi connectivity index (χ1n) is 13.0. The van der Waals surface area contributed by atoms with Gasteiger partial charge in [0.2, 0.25) is 5.95 Å². The van der Waals surface area contributed by atoms with E-state index in [1.807, 2.05) is 12.4 Å². The van der Waals surface area contributed by atoms with Crippen LogP contribution in [0.4, 0.5) is 5.95 Å². The minimum absolute atomic E-state index is 0.0716. The number of halogens is 1. The number of hydrogen-bond donors (Lipinski definition) is 0. The molecule has 1 aromatic carbocycles. The molecule has 5 atom stereocenters. The second kappa shape index (κ2) is 6.88. The predicted octanol–water partition coefficient (Wildman–Crippen LogP) is 4.35. The Labute approximate surface area is 209 Å². The second-order valence-corrected chi connectivity index (χ2v) is 12.4. The van der Waals surface area contributed by atoms with Crippen molar-refractivity contribution < 1.29 is 9.47 Å². The van der Waals surface area contributed by atoms with Crippen molar-refractivity contribution in [2.75, 3.05) is 31.6 Å². The van der Waals surface area contributed by atoms with E-state index in [1.165, 1.54) is 56.3 Å². The Kier molecular flexibility index (Phi) is 4.11. The summed E-state index contributed by atoms with van der Waals surface area (Å²) in [5.74, 6) is 3.70. The summed E-state index contributed by atoms with van der Waals surface area (Å²) in [5.41, 5.74) is 3.33. The number of anilines is 1. The summed E-state index contributed by atoms with van der Waals surface area (Å²) in [6.07, 6.45) is 12.7. The fourth-order valence-corrected chi connectivity index (χ4v) is 9.05. The first-order valence-corrected chi connectivity index (χ1v) is 13.8. The number of fused-ring (bicyclic) bond motifs is 3. The van der Waals surface area contributed by atoms with Gasteiger partial charge in [0.1, 0.15) is 6.10 Å². The molecule has 178 valence electrons. The average Bonchev–Trinajstić information content (AvgIpc) is 3.64. The summed E-state index contributed by atoms with van der Waals surface area (Å²) in [5, 5.41) is 0. The van der Waals surface area contributed by atoms with E-state index in [1.54, 1.807) is 7.11 Å². The van der Waals surface area contributed by atoms with Crippen LogP contribution in [0.5, 0.6) is 11.5 Å². The standard InChI is InChI=1S/C27H31BrN4O2/c1-33-20-5-4-17-12-21-26-7-6-19(32(11-8-26)25-29-13-18(28)14-30-25)24-27(26,22(17)23(20)34-24)9-10-31(21)15-16-2-3-16/h4-5,13-14,16,19,21,24H,2-3,6-12,15H2,1H3/t19-,21+,24+,26-,27+/m1/s1. The monoisotopic (exact) mass is 522 g/mol. The number of likely N-dealkylation sites (tertiary alicyclic amines) is 1. The van der Waals surface area contributed by atoms with Crippen molar-refractivity contribution in [2.24, 2.45) is 11.3 Å². The number of methoxy groups -OCH3 is 1. The Morgan fingerprint density at radius 2 is 1.97 bits per heavy atom. The molecule has 5 heterocycles. The molecule has 2 spiro atoms. The number of ether oxygens (including phenoxy) is 2. The maximum Gasteiger partial charge on any atom is 0.225 e. The summed E-state index contributed by atoms with van der Waals surface area (Å²) < 4.78 is 13.8. The minimum Gasteiger partial charge on any atom is -0.493 e. The molecule has 5 fully saturated rings. The molecule has 7 aliphatic rings. The van der Waals surface area contributed by atoms with E-state index in [0.717, 1.165) is 47.2 Å². The van der Waals surface area contributed by atoms with E-state index >= 15 is 0 Å². The third-order valence-electron chi connectivity index (χ3n) is 10.3. The number of aromatic nitrogens is 2. The summed E-state index contributed by atoms with van der Waals surface area (Å²) >= 11 is 3.51. The largest absolute Gasteiger partial charge is 0.493 e. The van der Waals surface area contributed by atoms with Gasteiger partial charge >= 0.3 is 0 Å². The predicted molar refractivity (Wildman–Crippen MR) is 133 cm³/mol. The fourth-order valence-electron chi connectivity index (χ4n) is 8.84. The first kappa shape index (κ1) is 20.3. The van der Waals surface area contributed by atoms with Gasteiger partial charge < -0.3 is 14.4 Å². The van der Waals surface area contributed by atoms with Crippen molar-refractivity contribution in [1.29, 1.82) is 0 Å². The highest BCUT2D eigenvalue weighted by Crippen LogP contribution is 2.71. The van der Waals surface area contributed by atoms with Crippen molar-refractivity contribution >= 4 is 21.9 Å². The molecule has 2 aromatic rings. The van der Waals surface area contributed by atoms with Crippen LogP contribution in [0.3, 0.4) is 0 Å². The van der Waals surface area contributed by atoms with Crippen molar-refractivity contribution in [1.82, 2.24) is 14.9 Å². The summed E-state index contributed by atoms with van der Waals surface area (Å²) in [6, 6.07) is 5.38. The van der Waals surface area contributed by atoms with E-state index in [0.29, 0.717) is 6.04 Å². The normalized spacial score (nSPS) is 37.2. The highest BCUT2D eigenvalue weighted by atomic mass is 79.9. The molecule has 0 amide bonds. The van der Waals surface area contributed by atoms with Crippen LogP contribution in [-0.2, 0) is 11.8 Å². The van der Waals surface area contributed by atoms with Crippen LogP contribution in [0.2, 0.25) is 0 Å². The smallest absolute Gasteiger partial charge is 0.225 e. The lowest BCUT2D eigenvalue weighted by molar-refractivity contribution is -0.124. The second-order valence-electron chi connectivity index (χ2n) is 11.5. The molecule has 0 N–H and O–H groups in total. The molecule has 0 unspecified atom stereocenters. The van der Waals surface area contributed by atoms with Gasteiger partial charge in [0, 0.05) is 47.9 Å². The van der Waals surface area contributed by atoms with Crippen molar-refractivity contribution in [3.05, 3.63) is 40.1 Å². The van der Waals surface area contributed by atoms with Gasteiger partial charge in [0.15, 0.2) is 11.5 Å². The molecule has 4 bridgehead atoms. The van der Waals surface area contributed by atoms with Gasteiger partial charge in [0.25, 0.3) is 0 Å².